The zero-order valence-electron chi connectivity index (χ0n) is 15.6. The Morgan fingerprint density at radius 2 is 1.87 bits per heavy atom. The summed E-state index contributed by atoms with van der Waals surface area (Å²) in [7, 11) is -3.56. The highest BCUT2D eigenvalue weighted by Gasteiger charge is 2.30. The van der Waals surface area contributed by atoms with Crippen LogP contribution < -0.4 is 10.1 Å². The molecule has 0 fully saturated rings. The highest BCUT2D eigenvalue weighted by molar-refractivity contribution is 7.90. The van der Waals surface area contributed by atoms with Gasteiger partial charge >= 0.3 is 6.36 Å². The quantitative estimate of drug-likeness (QED) is 0.638. The van der Waals surface area contributed by atoms with Crippen molar-refractivity contribution in [3.05, 3.63) is 72.1 Å². The number of sulfone groups is 1. The molecule has 0 spiro atoms. The van der Waals surface area contributed by atoms with E-state index in [2.05, 4.69) is 15.0 Å². The number of benzene rings is 2. The molecule has 158 valence electrons. The number of rotatable bonds is 6. The molecule has 3 aromatic rings. The first-order valence-electron chi connectivity index (χ1n) is 8.50. The third-order valence-electron chi connectivity index (χ3n) is 3.93. The van der Waals surface area contributed by atoms with Crippen molar-refractivity contribution < 1.29 is 31.1 Å². The lowest BCUT2D eigenvalue weighted by Gasteiger charge is -2.11. The number of hydrogen-bond donors (Lipinski definition) is 1. The van der Waals surface area contributed by atoms with E-state index in [1.165, 1.54) is 35.2 Å². The van der Waals surface area contributed by atoms with Gasteiger partial charge in [-0.2, -0.15) is 0 Å². The Bertz CT molecular complexity index is 1160. The monoisotopic (exact) mass is 439 g/mol. The van der Waals surface area contributed by atoms with Gasteiger partial charge in [-0.25, -0.2) is 13.4 Å². The maximum atomic E-state index is 12.4. The highest BCUT2D eigenvalue weighted by Crippen LogP contribution is 2.22. The van der Waals surface area contributed by atoms with Crippen LogP contribution in [0.15, 0.2) is 66.1 Å². The SMILES string of the molecule is CS(=O)(=O)c1nccn1-c1cccc(C(=O)NCc2ccc(OC(F)(F)F)cc2)c1. The molecule has 0 unspecified atom stereocenters. The Balaban J connectivity index is 1.70. The van der Waals surface area contributed by atoms with Crippen molar-refractivity contribution in [1.29, 1.82) is 0 Å². The average molecular weight is 439 g/mol. The van der Waals surface area contributed by atoms with Crippen molar-refractivity contribution >= 4 is 15.7 Å². The lowest BCUT2D eigenvalue weighted by Crippen LogP contribution is -2.23. The molecule has 0 aliphatic heterocycles. The second kappa shape index (κ2) is 8.19. The summed E-state index contributed by atoms with van der Waals surface area (Å²) in [5.74, 6) is -0.791. The summed E-state index contributed by atoms with van der Waals surface area (Å²) < 4.78 is 65.4. The number of alkyl halides is 3. The molecule has 0 saturated carbocycles. The predicted octanol–water partition coefficient (Wildman–Crippen LogP) is 3.10. The molecule has 0 atom stereocenters. The minimum atomic E-state index is -4.77. The summed E-state index contributed by atoms with van der Waals surface area (Å²) in [5.41, 5.74) is 1.29. The molecule has 0 saturated heterocycles. The number of nitrogens with one attached hydrogen (secondary N) is 1. The number of amides is 1. The summed E-state index contributed by atoms with van der Waals surface area (Å²) in [6.07, 6.45) is -0.923. The van der Waals surface area contributed by atoms with Gasteiger partial charge in [-0.05, 0) is 35.9 Å². The van der Waals surface area contributed by atoms with Crippen LogP contribution in [0, 0.1) is 0 Å². The molecule has 1 aromatic heterocycles. The molecule has 11 heteroatoms. The number of nitrogens with zero attached hydrogens (tertiary/aromatic N) is 2. The number of ether oxygens (including phenoxy) is 1. The van der Waals surface area contributed by atoms with E-state index in [1.54, 1.807) is 18.2 Å². The number of imidazole rings is 1. The molecular weight excluding hydrogens is 423 g/mol. The lowest BCUT2D eigenvalue weighted by molar-refractivity contribution is -0.274. The van der Waals surface area contributed by atoms with Crippen LogP contribution in [0.3, 0.4) is 0 Å². The number of hydrogen-bond acceptors (Lipinski definition) is 5. The predicted molar refractivity (Wildman–Crippen MR) is 101 cm³/mol. The van der Waals surface area contributed by atoms with Crippen molar-refractivity contribution in [1.82, 2.24) is 14.9 Å². The molecule has 1 amide bonds. The fourth-order valence-electron chi connectivity index (χ4n) is 2.65. The highest BCUT2D eigenvalue weighted by atomic mass is 32.2. The van der Waals surface area contributed by atoms with E-state index in [0.29, 0.717) is 11.3 Å². The van der Waals surface area contributed by atoms with Crippen LogP contribution in [0.2, 0.25) is 0 Å². The molecule has 0 aliphatic carbocycles. The van der Waals surface area contributed by atoms with Gasteiger partial charge in [0.25, 0.3) is 5.91 Å². The first-order chi connectivity index (χ1) is 14.0. The van der Waals surface area contributed by atoms with Crippen LogP contribution in [0.1, 0.15) is 15.9 Å². The van der Waals surface area contributed by atoms with Gasteiger partial charge in [0.1, 0.15) is 5.75 Å². The first-order valence-corrected chi connectivity index (χ1v) is 10.4. The molecule has 1 N–H and O–H groups in total. The summed E-state index contributed by atoms with van der Waals surface area (Å²) in [4.78, 5) is 16.3. The van der Waals surface area contributed by atoms with E-state index < -0.39 is 22.1 Å². The van der Waals surface area contributed by atoms with Crippen LogP contribution in [-0.2, 0) is 16.4 Å². The molecule has 2 aromatic carbocycles. The molecule has 30 heavy (non-hydrogen) atoms. The van der Waals surface area contributed by atoms with Crippen molar-refractivity contribution in [3.63, 3.8) is 0 Å². The zero-order chi connectivity index (χ0) is 21.9. The van der Waals surface area contributed by atoms with E-state index >= 15 is 0 Å². The van der Waals surface area contributed by atoms with Crippen molar-refractivity contribution in [2.24, 2.45) is 0 Å². The third kappa shape index (κ3) is 5.38. The van der Waals surface area contributed by atoms with Crippen LogP contribution in [0.4, 0.5) is 13.2 Å². The Labute approximate surface area is 170 Å². The number of aromatic nitrogens is 2. The number of carbonyl (C=O) groups is 1. The molecule has 1 heterocycles. The Kier molecular flexibility index (Phi) is 5.83. The van der Waals surface area contributed by atoms with Crippen LogP contribution >= 0.6 is 0 Å². The summed E-state index contributed by atoms with van der Waals surface area (Å²) in [6, 6.07) is 11.4. The van der Waals surface area contributed by atoms with Gasteiger partial charge in [0.2, 0.25) is 15.0 Å². The van der Waals surface area contributed by atoms with E-state index in [4.69, 9.17) is 0 Å². The normalized spacial score (nSPS) is 11.9. The minimum absolute atomic E-state index is 0.0784. The molecule has 0 radical (unpaired) electrons. The fraction of sp³-hybridized carbons (Fsp3) is 0.158. The van der Waals surface area contributed by atoms with E-state index in [-0.39, 0.29) is 23.0 Å². The molecule has 0 aliphatic rings. The standard InChI is InChI=1S/C19H16F3N3O4S/c1-30(27,28)18-23-9-10-25(18)15-4-2-3-14(11-15)17(26)24-12-13-5-7-16(8-6-13)29-19(20,21)22/h2-11H,12H2,1H3,(H,24,26). The van der Waals surface area contributed by atoms with E-state index in [9.17, 15) is 26.4 Å². The second-order valence-corrected chi connectivity index (χ2v) is 8.19. The fourth-order valence-corrected chi connectivity index (χ4v) is 3.43. The summed E-state index contributed by atoms with van der Waals surface area (Å²) in [5, 5.41) is 2.50. The Hall–Kier alpha value is -3.34. The lowest BCUT2D eigenvalue weighted by atomic mass is 10.1. The first kappa shape index (κ1) is 21.4. The maximum Gasteiger partial charge on any atom is 0.573 e. The van der Waals surface area contributed by atoms with Gasteiger partial charge < -0.3 is 10.1 Å². The van der Waals surface area contributed by atoms with Gasteiger partial charge in [0.15, 0.2) is 0 Å². The molecule has 0 bridgehead atoms. The third-order valence-corrected chi connectivity index (χ3v) is 4.90. The number of carbonyl (C=O) groups excluding carboxylic acids is 1. The van der Waals surface area contributed by atoms with Gasteiger partial charge in [-0.3, -0.25) is 9.36 Å². The van der Waals surface area contributed by atoms with Gasteiger partial charge in [-0.15, -0.1) is 13.2 Å². The Morgan fingerprint density at radius 1 is 1.17 bits per heavy atom. The van der Waals surface area contributed by atoms with Gasteiger partial charge in [-0.1, -0.05) is 18.2 Å². The van der Waals surface area contributed by atoms with Gasteiger partial charge in [0.05, 0.1) is 0 Å². The van der Waals surface area contributed by atoms with Crippen LogP contribution in [-0.4, -0.2) is 36.5 Å². The smallest absolute Gasteiger partial charge is 0.406 e. The molecular formula is C19H16F3N3O4S. The average Bonchev–Trinajstić information content (AvgIpc) is 3.16. The zero-order valence-corrected chi connectivity index (χ0v) is 16.4. The van der Waals surface area contributed by atoms with Crippen LogP contribution in [0.5, 0.6) is 5.75 Å². The Morgan fingerprint density at radius 3 is 2.50 bits per heavy atom. The molecule has 7 nitrogen and oxygen atoms in total. The van der Waals surface area contributed by atoms with Crippen LogP contribution in [0.25, 0.3) is 5.69 Å². The van der Waals surface area contributed by atoms with Crippen molar-refractivity contribution in [2.75, 3.05) is 6.26 Å². The summed E-state index contributed by atoms with van der Waals surface area (Å²) >= 11 is 0. The molecule has 3 rings (SSSR count). The van der Waals surface area contributed by atoms with E-state index in [0.717, 1.165) is 18.4 Å². The minimum Gasteiger partial charge on any atom is -0.406 e. The van der Waals surface area contributed by atoms with Crippen molar-refractivity contribution in [3.8, 4) is 11.4 Å². The van der Waals surface area contributed by atoms with Crippen molar-refractivity contribution in [2.45, 2.75) is 18.1 Å². The topological polar surface area (TPSA) is 90.3 Å². The maximum absolute atomic E-state index is 12.4. The van der Waals surface area contributed by atoms with E-state index in [1.807, 2.05) is 0 Å². The van der Waals surface area contributed by atoms with Gasteiger partial charge in [0, 0.05) is 36.4 Å². The largest absolute Gasteiger partial charge is 0.573 e. The second-order valence-electron chi connectivity index (χ2n) is 6.28. The summed E-state index contributed by atoms with van der Waals surface area (Å²) in [6.45, 7) is 0.0784. The number of halogens is 3.